The van der Waals surface area contributed by atoms with Crippen molar-refractivity contribution >= 4 is 15.7 Å². The summed E-state index contributed by atoms with van der Waals surface area (Å²) in [5.74, 6) is 4.85. The Morgan fingerprint density at radius 3 is 2.63 bits per heavy atom. The smallest absolute Gasteiger partial charge is 0.264 e. The van der Waals surface area contributed by atoms with Crippen LogP contribution in [-0.4, -0.2) is 40.3 Å². The van der Waals surface area contributed by atoms with Gasteiger partial charge in [0, 0.05) is 24.6 Å². The first-order chi connectivity index (χ1) is 12.7. The van der Waals surface area contributed by atoms with Gasteiger partial charge in [0.25, 0.3) is 5.91 Å². The summed E-state index contributed by atoms with van der Waals surface area (Å²) in [5.41, 5.74) is 3.21. The summed E-state index contributed by atoms with van der Waals surface area (Å²) in [6.07, 6.45) is 4.01. The number of amides is 1. The predicted octanol–water partition coefficient (Wildman–Crippen LogP) is 0.853. The van der Waals surface area contributed by atoms with E-state index in [4.69, 9.17) is 10.5 Å². The van der Waals surface area contributed by atoms with Gasteiger partial charge >= 0.3 is 0 Å². The van der Waals surface area contributed by atoms with E-state index < -0.39 is 20.5 Å². The summed E-state index contributed by atoms with van der Waals surface area (Å²) in [5, 5.41) is 21.8. The Kier molecular flexibility index (Phi) is 6.01. The molecule has 0 radical (unpaired) electrons. The van der Waals surface area contributed by atoms with Crippen LogP contribution in [0.25, 0.3) is 0 Å². The average Bonchev–Trinajstić information content (AvgIpc) is 3.11. The van der Waals surface area contributed by atoms with Gasteiger partial charge in [0.15, 0.2) is 14.6 Å². The number of nitriles is 1. The van der Waals surface area contributed by atoms with Gasteiger partial charge in [-0.3, -0.25) is 14.7 Å². The molecule has 27 heavy (non-hydrogen) atoms. The van der Waals surface area contributed by atoms with Crippen LogP contribution in [0.15, 0.2) is 36.7 Å². The summed E-state index contributed by atoms with van der Waals surface area (Å²) in [7, 11) is -3.76. The molecule has 0 fully saturated rings. The summed E-state index contributed by atoms with van der Waals surface area (Å²) in [4.78, 5) is 11.8. The molecule has 140 valence electrons. The number of benzene rings is 1. The Morgan fingerprint density at radius 1 is 1.33 bits per heavy atom. The second-order valence-electron chi connectivity index (χ2n) is 6.13. The molecule has 9 heteroatoms. The molecule has 0 bridgehead atoms. The molecule has 1 amide bonds. The molecular weight excluding hydrogens is 368 g/mol. The molecule has 1 heterocycles. The zero-order valence-corrected chi connectivity index (χ0v) is 15.6. The minimum atomic E-state index is -3.76. The summed E-state index contributed by atoms with van der Waals surface area (Å²) >= 11 is 0. The Morgan fingerprint density at radius 2 is 2.00 bits per heavy atom. The lowest BCUT2D eigenvalue weighted by atomic mass is 10.1. The lowest BCUT2D eigenvalue weighted by Crippen LogP contribution is -2.49. The average molecular weight is 386 g/mol. The fraction of sp³-hybridized carbons (Fsp3) is 0.278. The zero-order valence-electron chi connectivity index (χ0n) is 14.8. The summed E-state index contributed by atoms with van der Waals surface area (Å²) in [6.45, 7) is 1.39. The van der Waals surface area contributed by atoms with E-state index in [1.165, 1.54) is 23.3 Å². The fourth-order valence-electron chi connectivity index (χ4n) is 2.27. The quantitative estimate of drug-likeness (QED) is 0.446. The number of rotatable bonds is 5. The number of nitrogens with zero attached hydrogens (tertiary/aromatic N) is 3. The van der Waals surface area contributed by atoms with Gasteiger partial charge in [-0.15, -0.1) is 0 Å². The van der Waals surface area contributed by atoms with E-state index in [1.54, 1.807) is 30.5 Å². The van der Waals surface area contributed by atoms with Gasteiger partial charge in [0.05, 0.1) is 23.4 Å². The first kappa shape index (κ1) is 20.2. The molecule has 0 aliphatic carbocycles. The summed E-state index contributed by atoms with van der Waals surface area (Å²) in [6, 6.07) is 8.92. The number of aromatic nitrogens is 2. The van der Waals surface area contributed by atoms with Gasteiger partial charge in [-0.1, -0.05) is 17.9 Å². The number of hydrogen-bond acceptors (Lipinski definition) is 6. The molecule has 2 rings (SSSR count). The number of hydroxylamine groups is 1. The molecule has 8 nitrogen and oxygen atoms in total. The normalized spacial score (nSPS) is 13.0. The highest BCUT2D eigenvalue weighted by Gasteiger charge is 2.43. The van der Waals surface area contributed by atoms with Crippen LogP contribution in [0.5, 0.6) is 0 Å². The van der Waals surface area contributed by atoms with Crippen molar-refractivity contribution in [1.82, 2.24) is 15.3 Å². The molecule has 1 aromatic heterocycles. The van der Waals surface area contributed by atoms with E-state index in [0.717, 1.165) is 6.26 Å². The van der Waals surface area contributed by atoms with E-state index in [0.29, 0.717) is 16.7 Å². The van der Waals surface area contributed by atoms with Crippen molar-refractivity contribution in [3.63, 3.8) is 0 Å². The van der Waals surface area contributed by atoms with Gasteiger partial charge in [0.1, 0.15) is 0 Å². The second kappa shape index (κ2) is 8.04. The van der Waals surface area contributed by atoms with Gasteiger partial charge in [-0.25, -0.2) is 13.9 Å². The van der Waals surface area contributed by atoms with Gasteiger partial charge in [0.2, 0.25) is 0 Å². The topological polar surface area (TPSA) is 125 Å². The molecule has 0 aliphatic heterocycles. The number of carbonyl (C=O) groups is 1. The molecule has 1 atom stereocenters. The number of sulfone groups is 1. The standard InChI is InChI=1S/C18H18N4O4S/c1-18(17(23)21-24,27(2,25)26)8-9-22-13-16(12-20-22)7-6-14-4-3-5-15(10-14)11-19/h3-5,10,12-13,24H,8-9H2,1-2H3,(H,21,23). The molecule has 2 N–H and O–H groups in total. The van der Waals surface area contributed by atoms with E-state index in [2.05, 4.69) is 16.9 Å². The van der Waals surface area contributed by atoms with Crippen molar-refractivity contribution in [3.05, 3.63) is 53.3 Å². The summed E-state index contributed by atoms with van der Waals surface area (Å²) < 4.78 is 23.6. The molecule has 0 spiro atoms. The van der Waals surface area contributed by atoms with E-state index >= 15 is 0 Å². The molecule has 0 saturated carbocycles. The molecule has 2 aromatic rings. The third-order valence-corrected chi connectivity index (χ3v) is 6.22. The monoisotopic (exact) mass is 386 g/mol. The second-order valence-corrected chi connectivity index (χ2v) is 8.57. The number of aryl methyl sites for hydroxylation is 1. The fourth-order valence-corrected chi connectivity index (χ4v) is 3.12. The first-order valence-electron chi connectivity index (χ1n) is 7.88. The van der Waals surface area contributed by atoms with Gasteiger partial charge in [-0.2, -0.15) is 10.4 Å². The van der Waals surface area contributed by atoms with Crippen LogP contribution in [0.3, 0.4) is 0 Å². The molecule has 0 aliphatic rings. The van der Waals surface area contributed by atoms with Crippen molar-refractivity contribution in [1.29, 1.82) is 5.26 Å². The largest absolute Gasteiger partial charge is 0.289 e. The minimum absolute atomic E-state index is 0.0724. The van der Waals surface area contributed by atoms with E-state index in [9.17, 15) is 13.2 Å². The SMILES string of the molecule is CC(CCn1cc(C#Cc2cccc(C#N)c2)cn1)(C(=O)NO)S(C)(=O)=O. The van der Waals surface area contributed by atoms with Crippen molar-refractivity contribution in [2.45, 2.75) is 24.6 Å². The molecule has 0 saturated heterocycles. The number of hydrogen-bond donors (Lipinski definition) is 2. The highest BCUT2D eigenvalue weighted by atomic mass is 32.2. The van der Waals surface area contributed by atoms with Crippen molar-refractivity contribution in [2.75, 3.05) is 6.26 Å². The van der Waals surface area contributed by atoms with Crippen LogP contribution in [0, 0.1) is 23.2 Å². The highest BCUT2D eigenvalue weighted by molar-refractivity contribution is 7.92. The lowest BCUT2D eigenvalue weighted by Gasteiger charge is -2.24. The van der Waals surface area contributed by atoms with Gasteiger partial charge < -0.3 is 0 Å². The molecule has 1 aromatic carbocycles. The van der Waals surface area contributed by atoms with Crippen LogP contribution in [0.2, 0.25) is 0 Å². The van der Waals surface area contributed by atoms with Gasteiger partial charge in [-0.05, 0) is 31.5 Å². The number of nitrogens with one attached hydrogen (secondary N) is 1. The van der Waals surface area contributed by atoms with Crippen LogP contribution >= 0.6 is 0 Å². The first-order valence-corrected chi connectivity index (χ1v) is 9.77. The van der Waals surface area contributed by atoms with Crippen LogP contribution in [-0.2, 0) is 21.2 Å². The third-order valence-electron chi connectivity index (χ3n) is 4.19. The molecule has 1 unspecified atom stereocenters. The Bertz CT molecular complexity index is 1060. The maximum absolute atomic E-state index is 11.9. The van der Waals surface area contributed by atoms with E-state index in [1.807, 2.05) is 6.07 Å². The van der Waals surface area contributed by atoms with Crippen molar-refractivity contribution in [2.24, 2.45) is 0 Å². The minimum Gasteiger partial charge on any atom is -0.289 e. The van der Waals surface area contributed by atoms with Crippen LogP contribution < -0.4 is 5.48 Å². The Hall–Kier alpha value is -3.14. The maximum atomic E-state index is 11.9. The van der Waals surface area contributed by atoms with Crippen molar-refractivity contribution < 1.29 is 18.4 Å². The zero-order chi connectivity index (χ0) is 20.1. The highest BCUT2D eigenvalue weighted by Crippen LogP contribution is 2.22. The number of carbonyl (C=O) groups excluding carboxylic acids is 1. The van der Waals surface area contributed by atoms with Crippen LogP contribution in [0.1, 0.15) is 30.0 Å². The van der Waals surface area contributed by atoms with Crippen LogP contribution in [0.4, 0.5) is 0 Å². The Labute approximate surface area is 157 Å². The maximum Gasteiger partial charge on any atom is 0.264 e. The van der Waals surface area contributed by atoms with Crippen molar-refractivity contribution in [3.8, 4) is 17.9 Å². The predicted molar refractivity (Wildman–Crippen MR) is 97.2 cm³/mol. The third kappa shape index (κ3) is 4.73. The Balaban J connectivity index is 2.14. The molecular formula is C18H18N4O4S. The van der Waals surface area contributed by atoms with E-state index in [-0.39, 0.29) is 13.0 Å². The lowest BCUT2D eigenvalue weighted by molar-refractivity contribution is -0.131.